The maximum Gasteiger partial charge on any atom is 0.234 e. The maximum atomic E-state index is 13.5. The van der Waals surface area contributed by atoms with E-state index in [0.717, 1.165) is 16.5 Å². The van der Waals surface area contributed by atoms with E-state index >= 15 is 0 Å². The number of fused-ring (bicyclic) bond motifs is 2. The Morgan fingerprint density at radius 1 is 1.17 bits per heavy atom. The molecule has 1 aromatic heterocycles. The van der Waals surface area contributed by atoms with Gasteiger partial charge < -0.3 is 25.3 Å². The van der Waals surface area contributed by atoms with Crippen LogP contribution in [0.15, 0.2) is 66.9 Å². The number of aromatic amines is 1. The molecule has 3 aliphatic heterocycles. The SMILES string of the molecule is CC(=O)Nc1ccc(N2CC34C=C[C@H](O3)C(C(=O)NCCc3c[nH]c5ccccc35)C4C2=O)cc1. The molecule has 2 bridgehead atoms. The highest BCUT2D eigenvalue weighted by molar-refractivity contribution is 6.03. The highest BCUT2D eigenvalue weighted by Crippen LogP contribution is 2.52. The molecule has 3 amide bonds. The summed E-state index contributed by atoms with van der Waals surface area (Å²) in [6.07, 6.45) is 6.14. The fraction of sp³-hybridized carbons (Fsp3) is 0.296. The van der Waals surface area contributed by atoms with Crippen molar-refractivity contribution in [1.29, 1.82) is 0 Å². The van der Waals surface area contributed by atoms with Crippen LogP contribution in [-0.2, 0) is 25.5 Å². The second kappa shape index (κ2) is 8.09. The Bertz CT molecular complexity index is 1360. The summed E-state index contributed by atoms with van der Waals surface area (Å²) in [6, 6.07) is 15.2. The fourth-order valence-electron chi connectivity index (χ4n) is 5.72. The van der Waals surface area contributed by atoms with Crippen LogP contribution < -0.4 is 15.5 Å². The summed E-state index contributed by atoms with van der Waals surface area (Å²) in [5.74, 6) is -1.53. The van der Waals surface area contributed by atoms with E-state index in [9.17, 15) is 14.4 Å². The van der Waals surface area contributed by atoms with Gasteiger partial charge in [0.2, 0.25) is 17.7 Å². The van der Waals surface area contributed by atoms with Crippen LogP contribution in [0.4, 0.5) is 11.4 Å². The van der Waals surface area contributed by atoms with Gasteiger partial charge in [-0.15, -0.1) is 0 Å². The van der Waals surface area contributed by atoms with E-state index in [1.807, 2.05) is 36.5 Å². The van der Waals surface area contributed by atoms with Crippen LogP contribution in [0.25, 0.3) is 10.9 Å². The molecule has 0 aliphatic carbocycles. The van der Waals surface area contributed by atoms with Gasteiger partial charge in [0.15, 0.2) is 0 Å². The molecule has 8 heteroatoms. The highest BCUT2D eigenvalue weighted by atomic mass is 16.5. The van der Waals surface area contributed by atoms with Gasteiger partial charge in [-0.1, -0.05) is 30.4 Å². The average molecular weight is 471 g/mol. The average Bonchev–Trinajstić information content (AvgIpc) is 3.59. The van der Waals surface area contributed by atoms with E-state index < -0.39 is 17.4 Å². The first-order chi connectivity index (χ1) is 16.9. The maximum absolute atomic E-state index is 13.5. The minimum atomic E-state index is -0.781. The van der Waals surface area contributed by atoms with Gasteiger partial charge in [0.1, 0.15) is 5.60 Å². The first kappa shape index (κ1) is 21.6. The van der Waals surface area contributed by atoms with E-state index in [1.165, 1.54) is 6.92 Å². The number of ether oxygens (including phenoxy) is 1. The van der Waals surface area contributed by atoms with Crippen LogP contribution in [-0.4, -0.2) is 47.5 Å². The van der Waals surface area contributed by atoms with E-state index in [-0.39, 0.29) is 23.8 Å². The summed E-state index contributed by atoms with van der Waals surface area (Å²) < 4.78 is 6.23. The number of amides is 3. The zero-order chi connectivity index (χ0) is 24.2. The number of carbonyl (C=O) groups excluding carboxylic acids is 3. The van der Waals surface area contributed by atoms with Gasteiger partial charge in [-0.3, -0.25) is 14.4 Å². The molecule has 2 saturated heterocycles. The van der Waals surface area contributed by atoms with Crippen molar-refractivity contribution in [3.63, 3.8) is 0 Å². The number of hydrogen-bond acceptors (Lipinski definition) is 4. The Morgan fingerprint density at radius 3 is 2.77 bits per heavy atom. The monoisotopic (exact) mass is 470 g/mol. The van der Waals surface area contributed by atoms with Gasteiger partial charge in [-0.2, -0.15) is 0 Å². The Balaban J connectivity index is 1.16. The molecule has 4 atom stereocenters. The number of H-pyrrole nitrogens is 1. The van der Waals surface area contributed by atoms with Crippen molar-refractivity contribution in [3.05, 3.63) is 72.4 Å². The summed E-state index contributed by atoms with van der Waals surface area (Å²) in [6.45, 7) is 2.29. The Morgan fingerprint density at radius 2 is 1.97 bits per heavy atom. The second-order valence-electron chi connectivity index (χ2n) is 9.45. The zero-order valence-corrected chi connectivity index (χ0v) is 19.3. The molecular formula is C27H26N4O4. The number of nitrogens with zero attached hydrogens (tertiary/aromatic N) is 1. The minimum absolute atomic E-state index is 0.110. The molecule has 3 unspecified atom stereocenters. The molecule has 178 valence electrons. The van der Waals surface area contributed by atoms with Crippen molar-refractivity contribution < 1.29 is 19.1 Å². The molecule has 0 saturated carbocycles. The molecule has 1 spiro atoms. The predicted molar refractivity (Wildman–Crippen MR) is 132 cm³/mol. The third-order valence-electron chi connectivity index (χ3n) is 7.27. The number of benzene rings is 2. The number of carbonyl (C=O) groups is 3. The summed E-state index contributed by atoms with van der Waals surface area (Å²) in [4.78, 5) is 43.0. The van der Waals surface area contributed by atoms with Crippen LogP contribution in [0, 0.1) is 11.8 Å². The normalized spacial score (nSPS) is 26.4. The molecule has 3 aromatic rings. The Labute approximate surface area is 202 Å². The first-order valence-corrected chi connectivity index (χ1v) is 11.8. The molecular weight excluding hydrogens is 444 g/mol. The minimum Gasteiger partial charge on any atom is -0.361 e. The number of hydrogen-bond donors (Lipinski definition) is 3. The van der Waals surface area contributed by atoms with Crippen molar-refractivity contribution in [2.75, 3.05) is 23.3 Å². The Hall–Kier alpha value is -3.91. The number of rotatable bonds is 6. The zero-order valence-electron chi connectivity index (χ0n) is 19.3. The van der Waals surface area contributed by atoms with E-state index in [1.54, 1.807) is 29.2 Å². The molecule has 0 radical (unpaired) electrons. The summed E-state index contributed by atoms with van der Waals surface area (Å²) in [5, 5.41) is 6.92. The Kier molecular flexibility index (Phi) is 5.00. The quantitative estimate of drug-likeness (QED) is 0.482. The number of anilines is 2. The molecule has 35 heavy (non-hydrogen) atoms. The van der Waals surface area contributed by atoms with Gasteiger partial charge in [0.05, 0.1) is 24.5 Å². The third-order valence-corrected chi connectivity index (χ3v) is 7.27. The first-order valence-electron chi connectivity index (χ1n) is 11.8. The molecule has 4 heterocycles. The fourth-order valence-corrected chi connectivity index (χ4v) is 5.72. The van der Waals surface area contributed by atoms with E-state index in [4.69, 9.17) is 4.74 Å². The molecule has 3 N–H and O–H groups in total. The number of para-hydroxylation sites is 1. The van der Waals surface area contributed by atoms with Crippen LogP contribution in [0.5, 0.6) is 0 Å². The van der Waals surface area contributed by atoms with Crippen molar-refractivity contribution in [1.82, 2.24) is 10.3 Å². The molecule has 3 aliphatic rings. The molecule has 6 rings (SSSR count). The van der Waals surface area contributed by atoms with Crippen LogP contribution in [0.2, 0.25) is 0 Å². The van der Waals surface area contributed by atoms with Crippen LogP contribution >= 0.6 is 0 Å². The molecule has 2 fully saturated rings. The van der Waals surface area contributed by atoms with Gasteiger partial charge in [-0.05, 0) is 42.3 Å². The standard InChI is InChI=1S/C27H26N4O4/c1-16(32)30-18-6-8-19(9-7-18)31-15-27-12-10-22(35-27)23(24(27)26(31)34)25(33)28-13-11-17-14-29-21-5-3-2-4-20(17)21/h2-10,12,14,22-24,29H,11,13,15H2,1H3,(H,28,33)(H,30,32)/t22-,23?,24?,27?/m0/s1. The second-order valence-corrected chi connectivity index (χ2v) is 9.45. The topological polar surface area (TPSA) is 104 Å². The lowest BCUT2D eigenvalue weighted by atomic mass is 9.77. The highest BCUT2D eigenvalue weighted by Gasteiger charge is 2.67. The largest absolute Gasteiger partial charge is 0.361 e. The van der Waals surface area contributed by atoms with Crippen molar-refractivity contribution >= 4 is 40.0 Å². The summed E-state index contributed by atoms with van der Waals surface area (Å²) >= 11 is 0. The number of nitrogens with one attached hydrogen (secondary N) is 3. The molecule has 2 aromatic carbocycles. The van der Waals surface area contributed by atoms with Crippen molar-refractivity contribution in [2.45, 2.75) is 25.0 Å². The smallest absolute Gasteiger partial charge is 0.234 e. The molecule has 8 nitrogen and oxygen atoms in total. The van der Waals surface area contributed by atoms with Gasteiger partial charge >= 0.3 is 0 Å². The summed E-state index contributed by atoms with van der Waals surface area (Å²) in [7, 11) is 0. The van der Waals surface area contributed by atoms with Gasteiger partial charge in [0.25, 0.3) is 0 Å². The van der Waals surface area contributed by atoms with Gasteiger partial charge in [0, 0.05) is 41.9 Å². The van der Waals surface area contributed by atoms with Crippen LogP contribution in [0.1, 0.15) is 12.5 Å². The van der Waals surface area contributed by atoms with Crippen LogP contribution in [0.3, 0.4) is 0 Å². The van der Waals surface area contributed by atoms with Gasteiger partial charge in [-0.25, -0.2) is 0 Å². The lowest BCUT2D eigenvalue weighted by Gasteiger charge is -2.23. The van der Waals surface area contributed by atoms with E-state index in [0.29, 0.717) is 30.9 Å². The lowest BCUT2D eigenvalue weighted by Crippen LogP contribution is -2.44. The van der Waals surface area contributed by atoms with E-state index in [2.05, 4.69) is 21.7 Å². The van der Waals surface area contributed by atoms with Crippen molar-refractivity contribution in [3.8, 4) is 0 Å². The lowest BCUT2D eigenvalue weighted by molar-refractivity contribution is -0.131. The predicted octanol–water partition coefficient (Wildman–Crippen LogP) is 2.77. The van der Waals surface area contributed by atoms with Crippen molar-refractivity contribution in [2.24, 2.45) is 11.8 Å². The summed E-state index contributed by atoms with van der Waals surface area (Å²) in [5.41, 5.74) is 2.82. The number of aromatic nitrogens is 1. The third kappa shape index (κ3) is 3.52.